The summed E-state index contributed by atoms with van der Waals surface area (Å²) in [6, 6.07) is 0. The van der Waals surface area contributed by atoms with Gasteiger partial charge in [-0.25, -0.2) is 8.19 Å². The number of hydrogen-bond acceptors (Lipinski definition) is 0. The smallest absolute Gasteiger partial charge is 0.0143 e. The van der Waals surface area contributed by atoms with Crippen molar-refractivity contribution in [3.8, 4) is 0 Å². The number of hydrogen-bond donors (Lipinski definition) is 0. The lowest BCUT2D eigenvalue weighted by Crippen LogP contribution is -2.11. The number of rotatable bonds is 2. The molecule has 0 N–H and O–H groups in total. The largest absolute Gasteiger partial charge is 0.270 e. The average Bonchev–Trinajstić information content (AvgIpc) is 2.77. The molecule has 142 valence electrons. The second-order valence-corrected chi connectivity index (χ2v) is 15.6. The molecule has 0 nitrogen and oxygen atoms in total. The van der Waals surface area contributed by atoms with E-state index in [0.717, 1.165) is 0 Å². The van der Waals surface area contributed by atoms with Crippen molar-refractivity contribution in [2.24, 2.45) is 21.7 Å². The van der Waals surface area contributed by atoms with Gasteiger partial charge in [0.1, 0.15) is 0 Å². The Kier molecular flexibility index (Phi) is 7.06. The van der Waals surface area contributed by atoms with Gasteiger partial charge in [0.05, 0.1) is 0 Å². The van der Waals surface area contributed by atoms with Crippen LogP contribution in [0.1, 0.15) is 93.1 Å². The Morgan fingerprint density at radius 2 is 0.880 bits per heavy atom. The Morgan fingerprint density at radius 1 is 0.600 bits per heavy atom. The first-order valence-electron chi connectivity index (χ1n) is 9.25. The van der Waals surface area contributed by atoms with Crippen LogP contribution in [-0.2, 0) is 0 Å². The zero-order valence-electron chi connectivity index (χ0n) is 18.5. The molecule has 0 radical (unpaired) electrons. The monoisotopic (exact) mass is 395 g/mol. The third-order valence-electron chi connectivity index (χ3n) is 3.70. The normalized spacial score (nSPS) is 16.6. The first-order valence-corrected chi connectivity index (χ1v) is 12.6. The topological polar surface area (TPSA) is 0 Å². The molecule has 0 aliphatic rings. The van der Waals surface area contributed by atoms with E-state index < -0.39 is 0 Å². The fourth-order valence-electron chi connectivity index (χ4n) is 2.57. The van der Waals surface area contributed by atoms with Crippen molar-refractivity contribution in [3.05, 3.63) is 22.2 Å². The molecule has 0 aliphatic carbocycles. The quantitative estimate of drug-likeness (QED) is 0.467. The van der Waals surface area contributed by atoms with Gasteiger partial charge in [-0.05, 0) is 21.7 Å². The minimum Gasteiger partial charge on any atom is -0.270 e. The van der Waals surface area contributed by atoms with Gasteiger partial charge >= 0.3 is 0 Å². The summed E-state index contributed by atoms with van der Waals surface area (Å²) >= 11 is 0. The van der Waals surface area contributed by atoms with Crippen LogP contribution in [0.15, 0.2) is 12.2 Å². The van der Waals surface area contributed by atoms with Gasteiger partial charge in [0.2, 0.25) is 0 Å². The van der Waals surface area contributed by atoms with E-state index in [1.54, 1.807) is 21.2 Å². The molecular weight excluding hydrogens is 357 g/mol. The van der Waals surface area contributed by atoms with Crippen LogP contribution in [0.2, 0.25) is 0 Å². The average molecular weight is 395 g/mol. The van der Waals surface area contributed by atoms with Crippen molar-refractivity contribution < 1.29 is 0 Å². The van der Waals surface area contributed by atoms with E-state index >= 15 is 0 Å². The summed E-state index contributed by atoms with van der Waals surface area (Å²) in [5.74, 6) is 0. The molecule has 0 bridgehead atoms. The van der Waals surface area contributed by atoms with E-state index in [1.165, 1.54) is 23.9 Å². The molecule has 0 spiro atoms. The van der Waals surface area contributed by atoms with Crippen molar-refractivity contribution in [1.82, 2.24) is 0 Å². The molecule has 0 saturated heterocycles. The van der Waals surface area contributed by atoms with E-state index in [4.69, 9.17) is 0 Å². The van der Waals surface area contributed by atoms with Gasteiger partial charge in [0.15, 0.2) is 0 Å². The van der Waals surface area contributed by atoms with Crippen LogP contribution in [0.3, 0.4) is 0 Å². The molecule has 0 aliphatic heterocycles. The predicted molar refractivity (Wildman–Crippen MR) is 123 cm³/mol. The van der Waals surface area contributed by atoms with Crippen LogP contribution < -0.4 is 0 Å². The molecule has 1 rings (SSSR count). The summed E-state index contributed by atoms with van der Waals surface area (Å²) < 4.78 is 0. The van der Waals surface area contributed by atoms with Gasteiger partial charge in [-0.1, -0.05) is 106 Å². The third kappa shape index (κ3) is 7.71. The molecule has 0 atom stereocenters. The molecule has 0 aromatic carbocycles. The highest BCUT2D eigenvalue weighted by Gasteiger charge is 2.23. The number of allylic oxidation sites excluding steroid dienone is 4. The molecule has 0 saturated carbocycles. The maximum Gasteiger partial charge on any atom is -0.0143 e. The van der Waals surface area contributed by atoms with E-state index in [9.17, 15) is 0 Å². The molecule has 3 heteroatoms. The minimum atomic E-state index is 0.198. The highest BCUT2D eigenvalue weighted by Crippen LogP contribution is 2.55. The first kappa shape index (κ1) is 23.2. The van der Waals surface area contributed by atoms with Crippen LogP contribution in [0.4, 0.5) is 0 Å². The highest BCUT2D eigenvalue weighted by atomic mass is 31.8. The van der Waals surface area contributed by atoms with Gasteiger partial charge in [-0.15, -0.1) is 10.1 Å². The van der Waals surface area contributed by atoms with Crippen LogP contribution in [0.25, 0.3) is 11.1 Å². The zero-order valence-corrected chi connectivity index (χ0v) is 21.2. The lowest BCUT2D eigenvalue weighted by molar-refractivity contribution is 0.518. The fourth-order valence-corrected chi connectivity index (χ4v) is 9.03. The lowest BCUT2D eigenvalue weighted by atomic mass is 9.82. The second kappa shape index (κ2) is 7.63. The van der Waals surface area contributed by atoms with E-state index in [0.29, 0.717) is 0 Å². The summed E-state index contributed by atoms with van der Waals surface area (Å²) in [6.45, 7) is 28.0. The molecule has 0 amide bonds. The molecule has 0 fully saturated rings. The highest BCUT2D eigenvalue weighted by molar-refractivity contribution is 7.97. The van der Waals surface area contributed by atoms with E-state index in [1.807, 2.05) is 0 Å². The van der Waals surface area contributed by atoms with Crippen LogP contribution in [-0.4, -0.2) is 0 Å². The summed E-state index contributed by atoms with van der Waals surface area (Å²) in [7, 11) is 4.37. The minimum absolute atomic E-state index is 0.198. The van der Waals surface area contributed by atoms with Crippen LogP contribution in [0, 0.1) is 21.7 Å². The molecule has 1 aromatic rings. The fraction of sp³-hybridized carbons (Fsp3) is 0.727. The van der Waals surface area contributed by atoms with E-state index in [2.05, 4.69) is 95.2 Å². The summed E-state index contributed by atoms with van der Waals surface area (Å²) in [4.78, 5) is 0. The molecule has 0 unspecified atom stereocenters. The Hall–Kier alpha value is 0.120. The van der Waals surface area contributed by atoms with Gasteiger partial charge in [0.25, 0.3) is 0 Å². The van der Waals surface area contributed by atoms with Crippen molar-refractivity contribution in [1.29, 1.82) is 0 Å². The van der Waals surface area contributed by atoms with Crippen molar-refractivity contribution in [2.75, 3.05) is 0 Å². The molecular formula is C22H38P3-. The van der Waals surface area contributed by atoms with Gasteiger partial charge in [0, 0.05) is 0 Å². The second-order valence-electron chi connectivity index (χ2n) is 11.3. The standard InChI is InChI=1S/C22H38P3/c1-19(2,3)13-15(21(7,8)9)17-23-18(25-24-17)16(22(10,11)12)14-20(4,5)6/h13-14H,1-12H3/q-1/b15-13+,16-14+. The van der Waals surface area contributed by atoms with E-state index in [-0.39, 0.29) is 21.7 Å². The zero-order chi connectivity index (χ0) is 19.8. The van der Waals surface area contributed by atoms with Crippen LogP contribution in [0.5, 0.6) is 0 Å². The summed E-state index contributed by atoms with van der Waals surface area (Å²) in [6.07, 6.45) is 5.01. The predicted octanol–water partition coefficient (Wildman–Crippen LogP) is 10.1. The van der Waals surface area contributed by atoms with Crippen molar-refractivity contribution in [2.45, 2.75) is 83.1 Å². The molecule has 25 heavy (non-hydrogen) atoms. The van der Waals surface area contributed by atoms with Gasteiger partial charge < -0.3 is 0 Å². The van der Waals surface area contributed by atoms with Crippen molar-refractivity contribution >= 4 is 35.1 Å². The van der Waals surface area contributed by atoms with Crippen molar-refractivity contribution in [3.63, 3.8) is 0 Å². The third-order valence-corrected chi connectivity index (χ3v) is 9.22. The molecule has 1 heterocycles. The Bertz CT molecular complexity index is 589. The molecule has 1 aromatic heterocycles. The van der Waals surface area contributed by atoms with Crippen LogP contribution >= 0.6 is 23.9 Å². The SMILES string of the molecule is CC(C)(C)/C=C(\c1ppc(/C(=C\C(C)(C)C)C(C)(C)C)[p-]1)C(C)(C)C. The lowest BCUT2D eigenvalue weighted by Gasteiger charge is -2.30. The summed E-state index contributed by atoms with van der Waals surface area (Å²) in [5.41, 5.74) is 3.93. The Balaban J connectivity index is 3.50. The Labute approximate surface area is 162 Å². The maximum atomic E-state index is 2.50. The Morgan fingerprint density at radius 3 is 1.08 bits per heavy atom. The summed E-state index contributed by atoms with van der Waals surface area (Å²) in [5, 5.41) is 3.20. The van der Waals surface area contributed by atoms with Gasteiger partial charge in [-0.2, -0.15) is 0 Å². The maximum absolute atomic E-state index is 2.50. The van der Waals surface area contributed by atoms with Gasteiger partial charge in [-0.3, -0.25) is 15.7 Å². The first-order chi connectivity index (χ1) is 10.9.